The Balaban J connectivity index is 2.20. The second-order valence-electron chi connectivity index (χ2n) is 4.75. The third-order valence-electron chi connectivity index (χ3n) is 3.52. The number of halogens is 3. The van der Waals surface area contributed by atoms with Gasteiger partial charge in [0.05, 0.1) is 5.02 Å². The van der Waals surface area contributed by atoms with Crippen molar-refractivity contribution in [3.63, 3.8) is 0 Å². The van der Waals surface area contributed by atoms with Gasteiger partial charge in [-0.15, -0.1) is 11.6 Å². The predicted octanol–water partition coefficient (Wildman–Crippen LogP) is 4.57. The van der Waals surface area contributed by atoms with Gasteiger partial charge in [0.15, 0.2) is 0 Å². The molecule has 0 heterocycles. The molecule has 0 N–H and O–H groups in total. The average molecular weight is 412 g/mol. The van der Waals surface area contributed by atoms with Crippen molar-refractivity contribution >= 4 is 51.7 Å². The van der Waals surface area contributed by atoms with E-state index in [0.29, 0.717) is 29.1 Å². The van der Waals surface area contributed by atoms with Crippen LogP contribution in [-0.4, -0.2) is 29.3 Å². The summed E-state index contributed by atoms with van der Waals surface area (Å²) in [5, 5.41) is 0.628. The van der Waals surface area contributed by atoms with Crippen molar-refractivity contribution in [2.75, 3.05) is 12.4 Å². The highest BCUT2D eigenvalue weighted by Crippen LogP contribution is 2.26. The van der Waals surface area contributed by atoms with E-state index in [1.807, 2.05) is 17.0 Å². The molecule has 0 aromatic heterocycles. The normalized spacial score (nSPS) is 15.7. The standard InChI is InChI=1S/C14H16Cl2INO/c15-7-8-18(11-3-1-2-4-11)14(19)10-5-6-13(17)12(16)9-10/h5-6,9,11H,1-4,7-8H2. The maximum atomic E-state index is 12.6. The lowest BCUT2D eigenvalue weighted by atomic mass is 10.1. The zero-order valence-corrected chi connectivity index (χ0v) is 14.2. The van der Waals surface area contributed by atoms with E-state index in [1.165, 1.54) is 12.8 Å². The van der Waals surface area contributed by atoms with Crippen LogP contribution >= 0.6 is 45.8 Å². The second-order valence-corrected chi connectivity index (χ2v) is 6.70. The Bertz CT molecular complexity index is 461. The lowest BCUT2D eigenvalue weighted by Gasteiger charge is -2.28. The van der Waals surface area contributed by atoms with E-state index < -0.39 is 0 Å². The van der Waals surface area contributed by atoms with Gasteiger partial charge in [0.1, 0.15) is 0 Å². The van der Waals surface area contributed by atoms with Crippen LogP contribution in [0.15, 0.2) is 18.2 Å². The van der Waals surface area contributed by atoms with Crippen LogP contribution in [-0.2, 0) is 0 Å². The van der Waals surface area contributed by atoms with Gasteiger partial charge in [-0.05, 0) is 53.6 Å². The van der Waals surface area contributed by atoms with E-state index in [0.717, 1.165) is 16.4 Å². The van der Waals surface area contributed by atoms with Crippen molar-refractivity contribution in [3.8, 4) is 0 Å². The molecule has 0 aliphatic heterocycles. The third kappa shape index (κ3) is 3.76. The molecule has 0 unspecified atom stereocenters. The molecule has 19 heavy (non-hydrogen) atoms. The maximum Gasteiger partial charge on any atom is 0.254 e. The van der Waals surface area contributed by atoms with E-state index in [-0.39, 0.29) is 5.91 Å². The highest BCUT2D eigenvalue weighted by atomic mass is 127. The summed E-state index contributed by atoms with van der Waals surface area (Å²) < 4.78 is 0.959. The molecule has 1 aromatic carbocycles. The molecule has 2 rings (SSSR count). The number of rotatable bonds is 4. The Hall–Kier alpha value is -0.000000000000000167. The Kier molecular flexibility index (Phi) is 5.78. The number of hydrogen-bond donors (Lipinski definition) is 0. The molecule has 2 nitrogen and oxygen atoms in total. The summed E-state index contributed by atoms with van der Waals surface area (Å²) in [6.45, 7) is 0.606. The number of carbonyl (C=O) groups excluding carboxylic acids is 1. The number of carbonyl (C=O) groups is 1. The number of hydrogen-bond acceptors (Lipinski definition) is 1. The number of nitrogens with zero attached hydrogens (tertiary/aromatic N) is 1. The van der Waals surface area contributed by atoms with Crippen molar-refractivity contribution in [3.05, 3.63) is 32.4 Å². The minimum absolute atomic E-state index is 0.0471. The van der Waals surface area contributed by atoms with Crippen LogP contribution in [0, 0.1) is 3.57 Å². The highest BCUT2D eigenvalue weighted by molar-refractivity contribution is 14.1. The molecular formula is C14H16Cl2INO. The molecule has 1 fully saturated rings. The lowest BCUT2D eigenvalue weighted by Crippen LogP contribution is -2.40. The zero-order valence-electron chi connectivity index (χ0n) is 10.5. The van der Waals surface area contributed by atoms with Crippen molar-refractivity contribution in [2.24, 2.45) is 0 Å². The van der Waals surface area contributed by atoms with E-state index in [4.69, 9.17) is 23.2 Å². The van der Waals surface area contributed by atoms with Crippen LogP contribution in [0.25, 0.3) is 0 Å². The maximum absolute atomic E-state index is 12.6. The van der Waals surface area contributed by atoms with Gasteiger partial charge in [-0.1, -0.05) is 24.4 Å². The summed E-state index contributed by atoms with van der Waals surface area (Å²) >= 11 is 14.1. The quantitative estimate of drug-likeness (QED) is 0.525. The van der Waals surface area contributed by atoms with Crippen LogP contribution in [0.2, 0.25) is 5.02 Å². The van der Waals surface area contributed by atoms with Crippen molar-refractivity contribution < 1.29 is 4.79 Å². The van der Waals surface area contributed by atoms with E-state index in [1.54, 1.807) is 6.07 Å². The first kappa shape index (κ1) is 15.4. The van der Waals surface area contributed by atoms with Gasteiger partial charge in [0, 0.05) is 27.6 Å². The minimum atomic E-state index is 0.0471. The van der Waals surface area contributed by atoms with Gasteiger partial charge in [-0.2, -0.15) is 0 Å². The SMILES string of the molecule is O=C(c1ccc(I)c(Cl)c1)N(CCCl)C1CCCC1. The number of alkyl halides is 1. The molecule has 104 valence electrons. The fourth-order valence-corrected chi connectivity index (χ4v) is 3.25. The Morgan fingerprint density at radius 2 is 2.05 bits per heavy atom. The van der Waals surface area contributed by atoms with E-state index in [2.05, 4.69) is 22.6 Å². The zero-order chi connectivity index (χ0) is 13.8. The minimum Gasteiger partial charge on any atom is -0.334 e. The molecule has 1 amide bonds. The summed E-state index contributed by atoms with van der Waals surface area (Å²) in [7, 11) is 0. The van der Waals surface area contributed by atoms with Crippen LogP contribution in [0.1, 0.15) is 36.0 Å². The Morgan fingerprint density at radius 3 is 2.63 bits per heavy atom. The van der Waals surface area contributed by atoms with Crippen molar-refractivity contribution in [1.82, 2.24) is 4.90 Å². The lowest BCUT2D eigenvalue weighted by molar-refractivity contribution is 0.0695. The summed E-state index contributed by atoms with van der Waals surface area (Å²) in [6, 6.07) is 5.81. The second kappa shape index (κ2) is 7.14. The highest BCUT2D eigenvalue weighted by Gasteiger charge is 2.27. The van der Waals surface area contributed by atoms with Crippen LogP contribution < -0.4 is 0 Å². The van der Waals surface area contributed by atoms with Gasteiger partial charge in [-0.3, -0.25) is 4.79 Å². The average Bonchev–Trinajstić information content (AvgIpc) is 2.92. The van der Waals surface area contributed by atoms with Crippen LogP contribution in [0.4, 0.5) is 0 Å². The molecule has 0 radical (unpaired) electrons. The first-order valence-corrected chi connectivity index (χ1v) is 8.44. The Labute approximate surface area is 137 Å². The van der Waals surface area contributed by atoms with Crippen molar-refractivity contribution in [1.29, 1.82) is 0 Å². The largest absolute Gasteiger partial charge is 0.334 e. The van der Waals surface area contributed by atoms with Gasteiger partial charge in [-0.25, -0.2) is 0 Å². The fourth-order valence-electron chi connectivity index (χ4n) is 2.55. The summed E-state index contributed by atoms with van der Waals surface area (Å²) in [5.41, 5.74) is 0.655. The van der Waals surface area contributed by atoms with Crippen LogP contribution in [0.3, 0.4) is 0 Å². The molecule has 0 spiro atoms. The molecule has 0 bridgehead atoms. The van der Waals surface area contributed by atoms with E-state index >= 15 is 0 Å². The summed E-state index contributed by atoms with van der Waals surface area (Å²) in [6.07, 6.45) is 4.57. The molecule has 5 heteroatoms. The molecule has 1 saturated carbocycles. The Morgan fingerprint density at radius 1 is 1.37 bits per heavy atom. The predicted molar refractivity (Wildman–Crippen MR) is 88.2 cm³/mol. The number of amides is 1. The van der Waals surface area contributed by atoms with E-state index in [9.17, 15) is 4.79 Å². The molecule has 1 aliphatic rings. The molecular weight excluding hydrogens is 396 g/mol. The molecule has 1 aromatic rings. The van der Waals surface area contributed by atoms with Gasteiger partial charge in [0.2, 0.25) is 0 Å². The monoisotopic (exact) mass is 411 g/mol. The molecule has 0 atom stereocenters. The van der Waals surface area contributed by atoms with Gasteiger partial charge < -0.3 is 4.90 Å². The summed E-state index contributed by atoms with van der Waals surface area (Å²) in [4.78, 5) is 14.5. The molecule has 0 saturated heterocycles. The third-order valence-corrected chi connectivity index (χ3v) is 5.26. The number of benzene rings is 1. The first-order valence-electron chi connectivity index (χ1n) is 6.45. The summed E-state index contributed by atoms with van der Waals surface area (Å²) in [5.74, 6) is 0.520. The fraction of sp³-hybridized carbons (Fsp3) is 0.500. The molecule has 1 aliphatic carbocycles. The first-order chi connectivity index (χ1) is 9.13. The van der Waals surface area contributed by atoms with Crippen LogP contribution in [0.5, 0.6) is 0 Å². The van der Waals surface area contributed by atoms with Gasteiger partial charge in [0.25, 0.3) is 5.91 Å². The topological polar surface area (TPSA) is 20.3 Å². The smallest absolute Gasteiger partial charge is 0.254 e. The van der Waals surface area contributed by atoms with Gasteiger partial charge >= 0.3 is 0 Å². The van der Waals surface area contributed by atoms with Crippen molar-refractivity contribution in [2.45, 2.75) is 31.7 Å².